The van der Waals surface area contributed by atoms with Gasteiger partial charge in [-0.1, -0.05) is 38.1 Å². The minimum absolute atomic E-state index is 0.301. The molecular weight excluding hydrogens is 239 g/mol. The SMILES string of the molecule is CC1CCC(OCc2ccccc2B(O)O)CC1C. The summed E-state index contributed by atoms with van der Waals surface area (Å²) in [5.41, 5.74) is 1.41. The number of hydrogen-bond acceptors (Lipinski definition) is 3. The molecular formula is C15H23BO3. The van der Waals surface area contributed by atoms with Crippen molar-refractivity contribution >= 4 is 12.6 Å². The van der Waals surface area contributed by atoms with E-state index in [0.29, 0.717) is 24.1 Å². The zero-order chi connectivity index (χ0) is 13.8. The van der Waals surface area contributed by atoms with Gasteiger partial charge in [-0.05, 0) is 42.1 Å². The Hall–Kier alpha value is -0.835. The van der Waals surface area contributed by atoms with Gasteiger partial charge in [-0.2, -0.15) is 0 Å². The van der Waals surface area contributed by atoms with E-state index < -0.39 is 7.12 Å². The van der Waals surface area contributed by atoms with Gasteiger partial charge in [0.15, 0.2) is 0 Å². The van der Waals surface area contributed by atoms with Gasteiger partial charge in [0.05, 0.1) is 12.7 Å². The van der Waals surface area contributed by atoms with Gasteiger partial charge in [-0.25, -0.2) is 0 Å². The molecule has 0 saturated heterocycles. The molecule has 2 N–H and O–H groups in total. The second kappa shape index (κ2) is 6.55. The van der Waals surface area contributed by atoms with E-state index >= 15 is 0 Å². The standard InChI is InChI=1S/C15H23BO3/c1-11-7-8-14(9-12(11)2)19-10-13-5-3-4-6-15(13)16(17)18/h3-6,11-12,14,17-18H,7-10H2,1-2H3. The summed E-state index contributed by atoms with van der Waals surface area (Å²) in [6.07, 6.45) is 3.73. The summed E-state index contributed by atoms with van der Waals surface area (Å²) in [6, 6.07) is 7.33. The van der Waals surface area contributed by atoms with Gasteiger partial charge in [0, 0.05) is 0 Å². The third-order valence-corrected chi connectivity index (χ3v) is 4.36. The van der Waals surface area contributed by atoms with Crippen LogP contribution in [0.5, 0.6) is 0 Å². The normalized spacial score (nSPS) is 27.3. The van der Waals surface area contributed by atoms with Gasteiger partial charge in [-0.3, -0.25) is 0 Å². The van der Waals surface area contributed by atoms with Crippen LogP contribution >= 0.6 is 0 Å². The van der Waals surface area contributed by atoms with Crippen LogP contribution in [0, 0.1) is 11.8 Å². The highest BCUT2D eigenvalue weighted by Gasteiger charge is 2.25. The maximum Gasteiger partial charge on any atom is 0.488 e. The van der Waals surface area contributed by atoms with Crippen LogP contribution in [0.3, 0.4) is 0 Å². The van der Waals surface area contributed by atoms with E-state index in [1.165, 1.54) is 6.42 Å². The lowest BCUT2D eigenvalue weighted by Gasteiger charge is -2.32. The van der Waals surface area contributed by atoms with Crippen LogP contribution in [-0.2, 0) is 11.3 Å². The summed E-state index contributed by atoms with van der Waals surface area (Å²) in [5, 5.41) is 18.6. The summed E-state index contributed by atoms with van der Waals surface area (Å²) in [5.74, 6) is 1.49. The highest BCUT2D eigenvalue weighted by atomic mass is 16.5. The molecule has 0 radical (unpaired) electrons. The lowest BCUT2D eigenvalue weighted by atomic mass is 9.77. The van der Waals surface area contributed by atoms with Crippen molar-refractivity contribution in [3.05, 3.63) is 29.8 Å². The summed E-state index contributed by atoms with van der Waals surface area (Å²) in [7, 11) is -1.43. The van der Waals surface area contributed by atoms with E-state index in [9.17, 15) is 10.0 Å². The second-order valence-electron chi connectivity index (χ2n) is 5.77. The van der Waals surface area contributed by atoms with Crippen LogP contribution in [0.4, 0.5) is 0 Å². The van der Waals surface area contributed by atoms with Crippen molar-refractivity contribution in [3.8, 4) is 0 Å². The molecule has 0 aromatic heterocycles. The highest BCUT2D eigenvalue weighted by molar-refractivity contribution is 6.59. The number of ether oxygens (including phenoxy) is 1. The highest BCUT2D eigenvalue weighted by Crippen LogP contribution is 2.31. The average Bonchev–Trinajstić information content (AvgIpc) is 2.40. The molecule has 4 heteroatoms. The zero-order valence-electron chi connectivity index (χ0n) is 11.7. The van der Waals surface area contributed by atoms with Crippen molar-refractivity contribution in [2.45, 2.75) is 45.8 Å². The number of benzene rings is 1. The summed E-state index contributed by atoms with van der Waals surface area (Å²) >= 11 is 0. The molecule has 3 atom stereocenters. The van der Waals surface area contributed by atoms with Crippen LogP contribution < -0.4 is 5.46 Å². The van der Waals surface area contributed by atoms with E-state index in [4.69, 9.17) is 4.74 Å². The van der Waals surface area contributed by atoms with Gasteiger partial charge < -0.3 is 14.8 Å². The molecule has 1 aliphatic rings. The van der Waals surface area contributed by atoms with Crippen LogP contribution in [0.2, 0.25) is 0 Å². The monoisotopic (exact) mass is 262 g/mol. The molecule has 0 aliphatic heterocycles. The van der Waals surface area contributed by atoms with Crippen LogP contribution in [0.25, 0.3) is 0 Å². The Bertz CT molecular complexity index is 408. The fourth-order valence-corrected chi connectivity index (χ4v) is 2.77. The largest absolute Gasteiger partial charge is 0.488 e. The summed E-state index contributed by atoms with van der Waals surface area (Å²) in [6.45, 7) is 5.05. The molecule has 3 nitrogen and oxygen atoms in total. The van der Waals surface area contributed by atoms with Gasteiger partial charge >= 0.3 is 7.12 Å². The van der Waals surface area contributed by atoms with Crippen molar-refractivity contribution in [2.75, 3.05) is 0 Å². The fourth-order valence-electron chi connectivity index (χ4n) is 2.77. The van der Waals surface area contributed by atoms with E-state index in [1.54, 1.807) is 6.07 Å². The Morgan fingerprint density at radius 1 is 1.16 bits per heavy atom. The van der Waals surface area contributed by atoms with Crippen molar-refractivity contribution in [3.63, 3.8) is 0 Å². The molecule has 19 heavy (non-hydrogen) atoms. The predicted octanol–water partition coefficient (Wildman–Crippen LogP) is 1.71. The van der Waals surface area contributed by atoms with Crippen LogP contribution in [-0.4, -0.2) is 23.3 Å². The van der Waals surface area contributed by atoms with Crippen LogP contribution in [0.1, 0.15) is 38.7 Å². The minimum Gasteiger partial charge on any atom is -0.423 e. The molecule has 1 aromatic carbocycles. The fraction of sp³-hybridized carbons (Fsp3) is 0.600. The van der Waals surface area contributed by atoms with E-state index in [-0.39, 0.29) is 0 Å². The molecule has 1 aromatic rings. The molecule has 104 valence electrons. The molecule has 1 aliphatic carbocycles. The van der Waals surface area contributed by atoms with Gasteiger partial charge in [0.2, 0.25) is 0 Å². The molecule has 0 amide bonds. The molecule has 0 bridgehead atoms. The molecule has 2 rings (SSSR count). The Balaban J connectivity index is 1.92. The van der Waals surface area contributed by atoms with Crippen molar-refractivity contribution in [1.82, 2.24) is 0 Å². The third-order valence-electron chi connectivity index (χ3n) is 4.36. The molecule has 3 unspecified atom stereocenters. The number of rotatable bonds is 4. The number of hydrogen-bond donors (Lipinski definition) is 2. The van der Waals surface area contributed by atoms with Crippen LogP contribution in [0.15, 0.2) is 24.3 Å². The van der Waals surface area contributed by atoms with Gasteiger partial charge in [0.1, 0.15) is 0 Å². The van der Waals surface area contributed by atoms with Gasteiger partial charge in [0.25, 0.3) is 0 Å². The first-order chi connectivity index (χ1) is 9.08. The second-order valence-corrected chi connectivity index (χ2v) is 5.77. The molecule has 0 spiro atoms. The van der Waals surface area contributed by atoms with Crippen molar-refractivity contribution < 1.29 is 14.8 Å². The minimum atomic E-state index is -1.43. The first-order valence-electron chi connectivity index (χ1n) is 7.13. The Morgan fingerprint density at radius 3 is 2.58 bits per heavy atom. The zero-order valence-corrected chi connectivity index (χ0v) is 11.7. The van der Waals surface area contributed by atoms with Gasteiger partial charge in [-0.15, -0.1) is 0 Å². The topological polar surface area (TPSA) is 49.7 Å². The van der Waals surface area contributed by atoms with E-state index in [2.05, 4.69) is 13.8 Å². The Labute approximate surface area is 115 Å². The maximum absolute atomic E-state index is 9.32. The summed E-state index contributed by atoms with van der Waals surface area (Å²) < 4.78 is 5.96. The maximum atomic E-state index is 9.32. The Morgan fingerprint density at radius 2 is 1.89 bits per heavy atom. The van der Waals surface area contributed by atoms with E-state index in [0.717, 1.165) is 24.3 Å². The quantitative estimate of drug-likeness (QED) is 0.812. The van der Waals surface area contributed by atoms with Crippen molar-refractivity contribution in [2.24, 2.45) is 11.8 Å². The summed E-state index contributed by atoms with van der Waals surface area (Å²) in [4.78, 5) is 0. The Kier molecular flexibility index (Phi) is 5.02. The third kappa shape index (κ3) is 3.82. The van der Waals surface area contributed by atoms with E-state index in [1.807, 2.05) is 18.2 Å². The first-order valence-corrected chi connectivity index (χ1v) is 7.13. The predicted molar refractivity (Wildman–Crippen MR) is 77.0 cm³/mol. The lowest BCUT2D eigenvalue weighted by Crippen LogP contribution is -2.34. The smallest absolute Gasteiger partial charge is 0.423 e. The average molecular weight is 262 g/mol. The lowest BCUT2D eigenvalue weighted by molar-refractivity contribution is -0.00721. The molecule has 1 saturated carbocycles. The first kappa shape index (κ1) is 14.6. The molecule has 1 fully saturated rings. The molecule has 0 heterocycles. The van der Waals surface area contributed by atoms with Crippen molar-refractivity contribution in [1.29, 1.82) is 0 Å².